The van der Waals surface area contributed by atoms with Gasteiger partial charge in [0.2, 0.25) is 5.44 Å². The second-order valence-corrected chi connectivity index (χ2v) is 3.33. The zero-order chi connectivity index (χ0) is 9.40. The van der Waals surface area contributed by atoms with Crippen molar-refractivity contribution in [3.8, 4) is 0 Å². The highest BCUT2D eigenvalue weighted by Crippen LogP contribution is 2.13. The van der Waals surface area contributed by atoms with E-state index in [0.717, 1.165) is 5.75 Å². The Kier molecular flexibility index (Phi) is 7.29. The van der Waals surface area contributed by atoms with E-state index in [-0.39, 0.29) is 5.97 Å². The summed E-state index contributed by atoms with van der Waals surface area (Å²) >= 11 is 1.45. The lowest BCUT2D eigenvalue weighted by atomic mass is 10.7. The van der Waals surface area contributed by atoms with Gasteiger partial charge in [0.15, 0.2) is 0 Å². The molecule has 1 unspecified atom stereocenters. The number of rotatable bonds is 6. The summed E-state index contributed by atoms with van der Waals surface area (Å²) in [5.74, 6) is 0.579. The van der Waals surface area contributed by atoms with Crippen molar-refractivity contribution in [1.82, 2.24) is 0 Å². The van der Waals surface area contributed by atoms with Crippen molar-refractivity contribution in [2.45, 2.75) is 26.2 Å². The molecule has 0 bridgehead atoms. The van der Waals surface area contributed by atoms with Crippen LogP contribution in [0.2, 0.25) is 0 Å². The average Bonchev–Trinajstić information content (AvgIpc) is 2.04. The Morgan fingerprint density at radius 1 is 1.33 bits per heavy atom. The topological polar surface area (TPSA) is 35.5 Å². The minimum atomic E-state index is -0.444. The van der Waals surface area contributed by atoms with Crippen LogP contribution in [0.4, 0.5) is 0 Å². The Balaban J connectivity index is 3.81. The molecular formula is C8H16O3S. The summed E-state index contributed by atoms with van der Waals surface area (Å²) in [7, 11) is 0. The van der Waals surface area contributed by atoms with Crippen molar-refractivity contribution in [3.63, 3.8) is 0 Å². The highest BCUT2D eigenvalue weighted by Gasteiger charge is 2.18. The molecule has 0 aliphatic rings. The molecule has 0 rings (SSSR count). The maximum atomic E-state index is 11.2. The minimum absolute atomic E-state index is 0.272. The fraction of sp³-hybridized carbons (Fsp3) is 0.875. The molecule has 0 amide bonds. The Bertz CT molecular complexity index is 121. The second kappa shape index (κ2) is 7.43. The summed E-state index contributed by atoms with van der Waals surface area (Å²) in [6, 6.07) is 0. The summed E-state index contributed by atoms with van der Waals surface area (Å²) < 4.78 is 10.0. The van der Waals surface area contributed by atoms with Gasteiger partial charge in [-0.05, 0) is 19.6 Å². The third-order valence-electron chi connectivity index (χ3n) is 1.12. The summed E-state index contributed by atoms with van der Waals surface area (Å²) in [6.07, 6.45) is 0. The van der Waals surface area contributed by atoms with Gasteiger partial charge >= 0.3 is 5.97 Å². The molecular weight excluding hydrogens is 176 g/mol. The first-order chi connectivity index (χ1) is 5.76. The Morgan fingerprint density at radius 2 is 2.00 bits per heavy atom. The van der Waals surface area contributed by atoms with E-state index in [1.807, 2.05) is 13.8 Å². The molecule has 4 heteroatoms. The molecule has 1 atom stereocenters. The molecule has 0 aromatic heterocycles. The van der Waals surface area contributed by atoms with Gasteiger partial charge in [-0.15, -0.1) is 11.8 Å². The van der Waals surface area contributed by atoms with E-state index in [2.05, 4.69) is 0 Å². The zero-order valence-electron chi connectivity index (χ0n) is 7.83. The first-order valence-corrected chi connectivity index (χ1v) is 5.20. The van der Waals surface area contributed by atoms with E-state index in [9.17, 15) is 4.79 Å². The van der Waals surface area contributed by atoms with Gasteiger partial charge in [0.05, 0.1) is 6.61 Å². The van der Waals surface area contributed by atoms with Crippen molar-refractivity contribution in [2.75, 3.05) is 19.0 Å². The van der Waals surface area contributed by atoms with E-state index in [1.54, 1.807) is 6.92 Å². The monoisotopic (exact) mass is 192 g/mol. The second-order valence-electron chi connectivity index (χ2n) is 1.99. The highest BCUT2D eigenvalue weighted by atomic mass is 32.2. The highest BCUT2D eigenvalue weighted by molar-refractivity contribution is 8.00. The van der Waals surface area contributed by atoms with E-state index >= 15 is 0 Å². The molecule has 0 N–H and O–H groups in total. The summed E-state index contributed by atoms with van der Waals surface area (Å²) in [4.78, 5) is 11.2. The predicted octanol–water partition coefficient (Wildman–Crippen LogP) is 1.67. The number of carbonyl (C=O) groups is 1. The van der Waals surface area contributed by atoms with Crippen molar-refractivity contribution < 1.29 is 14.3 Å². The predicted molar refractivity (Wildman–Crippen MR) is 50.2 cm³/mol. The number of hydrogen-bond acceptors (Lipinski definition) is 4. The van der Waals surface area contributed by atoms with Gasteiger partial charge in [-0.2, -0.15) is 0 Å². The van der Waals surface area contributed by atoms with Gasteiger partial charge in [-0.3, -0.25) is 0 Å². The quantitative estimate of drug-likeness (QED) is 0.473. The Morgan fingerprint density at radius 3 is 2.42 bits per heavy atom. The third kappa shape index (κ3) is 4.62. The van der Waals surface area contributed by atoms with E-state index in [1.165, 1.54) is 11.8 Å². The number of thioether (sulfide) groups is 1. The normalized spacial score (nSPS) is 12.6. The number of esters is 1. The van der Waals surface area contributed by atoms with E-state index in [0.29, 0.717) is 13.2 Å². The van der Waals surface area contributed by atoms with Gasteiger partial charge in [0.25, 0.3) is 0 Å². The molecule has 0 aliphatic heterocycles. The number of hydrogen-bond donors (Lipinski definition) is 0. The molecule has 0 heterocycles. The fourth-order valence-corrected chi connectivity index (χ4v) is 1.44. The minimum Gasteiger partial charge on any atom is -0.463 e. The number of carbonyl (C=O) groups excluding carboxylic acids is 1. The van der Waals surface area contributed by atoms with Crippen LogP contribution in [0.3, 0.4) is 0 Å². The first-order valence-electron chi connectivity index (χ1n) is 4.16. The van der Waals surface area contributed by atoms with Crippen LogP contribution in [0.25, 0.3) is 0 Å². The molecule has 0 aliphatic carbocycles. The van der Waals surface area contributed by atoms with Crippen molar-refractivity contribution in [3.05, 3.63) is 0 Å². The lowest BCUT2D eigenvalue weighted by molar-refractivity contribution is -0.150. The fourth-order valence-electron chi connectivity index (χ4n) is 0.697. The van der Waals surface area contributed by atoms with Crippen LogP contribution in [-0.2, 0) is 14.3 Å². The van der Waals surface area contributed by atoms with Crippen LogP contribution in [0.5, 0.6) is 0 Å². The maximum Gasteiger partial charge on any atom is 0.345 e. The molecule has 0 fully saturated rings. The Labute approximate surface area is 77.8 Å². The molecule has 3 nitrogen and oxygen atoms in total. The Hall–Kier alpha value is -0.220. The van der Waals surface area contributed by atoms with E-state index in [4.69, 9.17) is 9.47 Å². The molecule has 0 aromatic carbocycles. The molecule has 0 aromatic rings. The summed E-state index contributed by atoms with van der Waals surface area (Å²) in [5, 5.41) is 0. The van der Waals surface area contributed by atoms with Crippen molar-refractivity contribution in [1.29, 1.82) is 0 Å². The molecule has 0 saturated heterocycles. The first kappa shape index (κ1) is 11.8. The van der Waals surface area contributed by atoms with Gasteiger partial charge in [0, 0.05) is 6.61 Å². The van der Waals surface area contributed by atoms with Crippen LogP contribution in [0.15, 0.2) is 0 Å². The standard InChI is InChI=1S/C8H16O3S/c1-4-10-7(9)8(11-5-2)12-6-3/h8H,4-6H2,1-3H3. The van der Waals surface area contributed by atoms with Crippen molar-refractivity contribution >= 4 is 17.7 Å². The summed E-state index contributed by atoms with van der Waals surface area (Å²) in [5.41, 5.74) is -0.444. The largest absolute Gasteiger partial charge is 0.463 e. The van der Waals surface area contributed by atoms with Crippen molar-refractivity contribution in [2.24, 2.45) is 0 Å². The molecule has 72 valence electrons. The van der Waals surface area contributed by atoms with Gasteiger partial charge in [-0.25, -0.2) is 4.79 Å². The van der Waals surface area contributed by atoms with Gasteiger partial charge in [0.1, 0.15) is 0 Å². The van der Waals surface area contributed by atoms with Crippen LogP contribution in [-0.4, -0.2) is 30.4 Å². The van der Waals surface area contributed by atoms with Crippen LogP contribution >= 0.6 is 11.8 Å². The van der Waals surface area contributed by atoms with Crippen LogP contribution in [0, 0.1) is 0 Å². The van der Waals surface area contributed by atoms with Crippen LogP contribution < -0.4 is 0 Å². The molecule has 12 heavy (non-hydrogen) atoms. The lowest BCUT2D eigenvalue weighted by Crippen LogP contribution is -2.23. The molecule has 0 spiro atoms. The zero-order valence-corrected chi connectivity index (χ0v) is 8.65. The summed E-state index contributed by atoms with van der Waals surface area (Å²) in [6.45, 7) is 6.58. The lowest BCUT2D eigenvalue weighted by Gasteiger charge is -2.13. The van der Waals surface area contributed by atoms with Gasteiger partial charge < -0.3 is 9.47 Å². The smallest absolute Gasteiger partial charge is 0.345 e. The van der Waals surface area contributed by atoms with E-state index < -0.39 is 5.44 Å². The SMILES string of the molecule is CCOC(=O)C(OCC)SCC. The number of ether oxygens (including phenoxy) is 2. The maximum absolute atomic E-state index is 11.2. The van der Waals surface area contributed by atoms with Crippen LogP contribution in [0.1, 0.15) is 20.8 Å². The average molecular weight is 192 g/mol. The third-order valence-corrected chi connectivity index (χ3v) is 2.08. The van der Waals surface area contributed by atoms with Gasteiger partial charge in [-0.1, -0.05) is 6.92 Å². The molecule has 0 saturated carbocycles. The molecule has 0 radical (unpaired) electrons.